The van der Waals surface area contributed by atoms with Crippen LogP contribution in [0.5, 0.6) is 0 Å². The molecular formula is C12H16N2O2S. The molecule has 0 spiro atoms. The van der Waals surface area contributed by atoms with Gasteiger partial charge in [0.05, 0.1) is 18.2 Å². The van der Waals surface area contributed by atoms with E-state index in [1.165, 1.54) is 11.8 Å². The van der Waals surface area contributed by atoms with Gasteiger partial charge in [-0.05, 0) is 31.2 Å². The third kappa shape index (κ3) is 2.45. The molecule has 92 valence electrons. The molecule has 1 aromatic rings. The van der Waals surface area contributed by atoms with Gasteiger partial charge in [-0.25, -0.2) is 4.98 Å². The van der Waals surface area contributed by atoms with Crippen molar-refractivity contribution in [2.75, 3.05) is 19.4 Å². The molecule has 1 aliphatic rings. The normalized spacial score (nSPS) is 19.6. The van der Waals surface area contributed by atoms with Crippen LogP contribution in [0.1, 0.15) is 23.2 Å². The van der Waals surface area contributed by atoms with E-state index in [9.17, 15) is 9.90 Å². The molecule has 0 radical (unpaired) electrons. The number of carbonyl (C=O) groups excluding carboxylic acids is 1. The number of pyridine rings is 1. The smallest absolute Gasteiger partial charge is 0.256 e. The lowest BCUT2D eigenvalue weighted by Gasteiger charge is -2.23. The van der Waals surface area contributed by atoms with E-state index in [0.717, 1.165) is 24.4 Å². The van der Waals surface area contributed by atoms with Gasteiger partial charge < -0.3 is 10.0 Å². The molecule has 0 bridgehead atoms. The summed E-state index contributed by atoms with van der Waals surface area (Å²) in [5.41, 5.74) is 0.639. The molecule has 1 saturated heterocycles. The van der Waals surface area contributed by atoms with Gasteiger partial charge in [0, 0.05) is 12.7 Å². The molecule has 1 aliphatic heterocycles. The van der Waals surface area contributed by atoms with Crippen molar-refractivity contribution >= 4 is 17.7 Å². The highest BCUT2D eigenvalue weighted by Crippen LogP contribution is 2.23. The molecule has 2 rings (SSSR count). The molecule has 0 aromatic carbocycles. The Morgan fingerprint density at radius 1 is 1.71 bits per heavy atom. The lowest BCUT2D eigenvalue weighted by molar-refractivity contribution is 0.0673. The van der Waals surface area contributed by atoms with Crippen LogP contribution in [-0.2, 0) is 0 Å². The Morgan fingerprint density at radius 2 is 2.53 bits per heavy atom. The number of thioether (sulfide) groups is 1. The molecule has 1 atom stereocenters. The number of hydrogen-bond acceptors (Lipinski definition) is 4. The van der Waals surface area contributed by atoms with Gasteiger partial charge in [0.1, 0.15) is 5.03 Å². The van der Waals surface area contributed by atoms with Crippen LogP contribution in [0.15, 0.2) is 23.4 Å². The number of rotatable bonds is 3. The topological polar surface area (TPSA) is 53.4 Å². The predicted molar refractivity (Wildman–Crippen MR) is 67.2 cm³/mol. The zero-order valence-electron chi connectivity index (χ0n) is 9.80. The summed E-state index contributed by atoms with van der Waals surface area (Å²) in [6.45, 7) is 0.771. The zero-order valence-corrected chi connectivity index (χ0v) is 10.6. The largest absolute Gasteiger partial charge is 0.394 e. The van der Waals surface area contributed by atoms with Crippen LogP contribution in [0, 0.1) is 0 Å². The van der Waals surface area contributed by atoms with E-state index in [2.05, 4.69) is 4.98 Å². The number of likely N-dealkylation sites (tertiary alicyclic amines) is 1. The van der Waals surface area contributed by atoms with Crippen LogP contribution < -0.4 is 0 Å². The van der Waals surface area contributed by atoms with Gasteiger partial charge in [-0.3, -0.25) is 4.79 Å². The molecule has 0 saturated carbocycles. The minimum Gasteiger partial charge on any atom is -0.394 e. The maximum Gasteiger partial charge on any atom is 0.256 e. The van der Waals surface area contributed by atoms with Crippen molar-refractivity contribution in [3.8, 4) is 0 Å². The minimum atomic E-state index is -0.0302. The fourth-order valence-electron chi connectivity index (χ4n) is 2.16. The fraction of sp³-hybridized carbons (Fsp3) is 0.500. The zero-order chi connectivity index (χ0) is 12.3. The molecule has 1 amide bonds. The Morgan fingerprint density at radius 3 is 3.24 bits per heavy atom. The summed E-state index contributed by atoms with van der Waals surface area (Å²) in [5, 5.41) is 10.00. The molecule has 0 aliphatic carbocycles. The van der Waals surface area contributed by atoms with Gasteiger partial charge in [0.2, 0.25) is 0 Å². The highest BCUT2D eigenvalue weighted by molar-refractivity contribution is 7.98. The average Bonchev–Trinajstić information content (AvgIpc) is 2.86. The van der Waals surface area contributed by atoms with Gasteiger partial charge >= 0.3 is 0 Å². The van der Waals surface area contributed by atoms with Crippen LogP contribution in [0.4, 0.5) is 0 Å². The molecule has 17 heavy (non-hydrogen) atoms. The van der Waals surface area contributed by atoms with E-state index in [1.807, 2.05) is 6.26 Å². The van der Waals surface area contributed by atoms with Crippen LogP contribution in [0.2, 0.25) is 0 Å². The maximum absolute atomic E-state index is 12.4. The van der Waals surface area contributed by atoms with Crippen molar-refractivity contribution in [3.05, 3.63) is 23.9 Å². The number of nitrogens with zero attached hydrogens (tertiary/aromatic N) is 2. The first-order valence-electron chi connectivity index (χ1n) is 5.68. The first-order chi connectivity index (χ1) is 8.27. The highest BCUT2D eigenvalue weighted by atomic mass is 32.2. The second kappa shape index (κ2) is 5.51. The summed E-state index contributed by atoms with van der Waals surface area (Å²) in [4.78, 5) is 18.3. The Balaban J connectivity index is 2.24. The second-order valence-corrected chi connectivity index (χ2v) is 4.83. The van der Waals surface area contributed by atoms with E-state index in [1.54, 1.807) is 23.2 Å². The summed E-state index contributed by atoms with van der Waals surface area (Å²) in [7, 11) is 0. The Labute approximate surface area is 105 Å². The van der Waals surface area contributed by atoms with Crippen molar-refractivity contribution in [3.63, 3.8) is 0 Å². The minimum absolute atomic E-state index is 0.0148. The summed E-state index contributed by atoms with van der Waals surface area (Å²) in [5.74, 6) is -0.0148. The number of aromatic nitrogens is 1. The fourth-order valence-corrected chi connectivity index (χ4v) is 2.71. The molecule has 5 heteroatoms. The predicted octanol–water partition coefficient (Wildman–Crippen LogP) is 1.40. The number of amides is 1. The van der Waals surface area contributed by atoms with Crippen LogP contribution >= 0.6 is 11.8 Å². The Bertz CT molecular complexity index is 411. The van der Waals surface area contributed by atoms with Crippen molar-refractivity contribution in [1.82, 2.24) is 9.88 Å². The van der Waals surface area contributed by atoms with Gasteiger partial charge in [-0.2, -0.15) is 0 Å². The van der Waals surface area contributed by atoms with Crippen molar-refractivity contribution < 1.29 is 9.90 Å². The van der Waals surface area contributed by atoms with Gasteiger partial charge in [-0.15, -0.1) is 11.8 Å². The summed E-state index contributed by atoms with van der Waals surface area (Å²) in [6, 6.07) is 3.54. The Hall–Kier alpha value is -1.07. The van der Waals surface area contributed by atoms with Gasteiger partial charge in [-0.1, -0.05) is 0 Å². The lowest BCUT2D eigenvalue weighted by Crippen LogP contribution is -2.37. The van der Waals surface area contributed by atoms with Crippen molar-refractivity contribution in [2.45, 2.75) is 23.9 Å². The van der Waals surface area contributed by atoms with Crippen LogP contribution in [0.3, 0.4) is 0 Å². The van der Waals surface area contributed by atoms with E-state index >= 15 is 0 Å². The number of hydrogen-bond donors (Lipinski definition) is 1. The summed E-state index contributed by atoms with van der Waals surface area (Å²) in [6.07, 6.45) is 5.45. The molecule has 1 aromatic heterocycles. The van der Waals surface area contributed by atoms with E-state index in [4.69, 9.17) is 0 Å². The molecule has 4 nitrogen and oxygen atoms in total. The highest BCUT2D eigenvalue weighted by Gasteiger charge is 2.29. The van der Waals surface area contributed by atoms with Crippen molar-refractivity contribution in [2.24, 2.45) is 0 Å². The first-order valence-corrected chi connectivity index (χ1v) is 6.91. The summed E-state index contributed by atoms with van der Waals surface area (Å²) >= 11 is 1.47. The van der Waals surface area contributed by atoms with Crippen LogP contribution in [-0.4, -0.2) is 46.3 Å². The SMILES string of the molecule is CSc1ncccc1C(=O)N1CCC[C@H]1CO. The van der Waals surface area contributed by atoms with Gasteiger partial charge in [0.25, 0.3) is 5.91 Å². The molecule has 1 fully saturated rings. The van der Waals surface area contributed by atoms with Gasteiger partial charge in [0.15, 0.2) is 0 Å². The number of aliphatic hydroxyl groups is 1. The average molecular weight is 252 g/mol. The number of carbonyl (C=O) groups is 1. The van der Waals surface area contributed by atoms with E-state index in [-0.39, 0.29) is 18.6 Å². The molecular weight excluding hydrogens is 236 g/mol. The Kier molecular flexibility index (Phi) is 4.02. The third-order valence-electron chi connectivity index (χ3n) is 3.04. The summed E-state index contributed by atoms with van der Waals surface area (Å²) < 4.78 is 0. The lowest BCUT2D eigenvalue weighted by atomic mass is 10.2. The first kappa shape index (κ1) is 12.4. The maximum atomic E-state index is 12.4. The standard InChI is InChI=1S/C12H16N2O2S/c1-17-11-10(5-2-6-13-11)12(16)14-7-3-4-9(14)8-15/h2,5-6,9,15H,3-4,7-8H2,1H3/t9-/m0/s1. The second-order valence-electron chi connectivity index (χ2n) is 4.04. The van der Waals surface area contributed by atoms with Crippen LogP contribution in [0.25, 0.3) is 0 Å². The molecule has 1 N–H and O–H groups in total. The quantitative estimate of drug-likeness (QED) is 0.826. The van der Waals surface area contributed by atoms with E-state index < -0.39 is 0 Å². The molecule has 2 heterocycles. The monoisotopic (exact) mass is 252 g/mol. The van der Waals surface area contributed by atoms with E-state index in [0.29, 0.717) is 5.56 Å². The molecule has 0 unspecified atom stereocenters. The number of aliphatic hydroxyl groups excluding tert-OH is 1. The van der Waals surface area contributed by atoms with Crippen molar-refractivity contribution in [1.29, 1.82) is 0 Å². The third-order valence-corrected chi connectivity index (χ3v) is 3.76.